The standard InChI is InChI=1S/C35H37Cl2N7O3/c1-7-31(45)41-26-15-23(43-12-10-42(11-13-43)20(2)3)8-9-25(26)40-30-16-27-22(18-38-30)14-24(35-39-21(4)19-44(27)35)32-33(36)28(46-5)17-29(47-6)34(32)37/h7-9,14-20H,1,10-13H2,2-6H3,(H,38,40)(H,41,45). The van der Waals surface area contributed by atoms with E-state index in [4.69, 9.17) is 42.6 Å². The molecular weight excluding hydrogens is 637 g/mol. The number of carbonyl (C=O) groups is 1. The minimum atomic E-state index is -0.295. The van der Waals surface area contributed by atoms with E-state index in [0.29, 0.717) is 61.6 Å². The number of nitrogens with zero attached hydrogens (tertiary/aromatic N) is 5. The van der Waals surface area contributed by atoms with Crippen molar-refractivity contribution in [2.24, 2.45) is 0 Å². The lowest BCUT2D eigenvalue weighted by Crippen LogP contribution is -2.48. The van der Waals surface area contributed by atoms with Crippen LogP contribution in [0.5, 0.6) is 11.5 Å². The maximum Gasteiger partial charge on any atom is 0.247 e. The molecule has 1 amide bonds. The number of fused-ring (bicyclic) bond motifs is 3. The Hall–Kier alpha value is -4.51. The van der Waals surface area contributed by atoms with Crippen molar-refractivity contribution in [3.8, 4) is 22.6 Å². The van der Waals surface area contributed by atoms with Gasteiger partial charge in [0.15, 0.2) is 0 Å². The number of imidazole rings is 1. The van der Waals surface area contributed by atoms with Gasteiger partial charge in [-0.25, -0.2) is 9.97 Å². The number of methoxy groups -OCH3 is 2. The van der Waals surface area contributed by atoms with Gasteiger partial charge in [0.2, 0.25) is 5.91 Å². The van der Waals surface area contributed by atoms with Crippen molar-refractivity contribution in [2.45, 2.75) is 26.8 Å². The Bertz CT molecular complexity index is 1970. The Morgan fingerprint density at radius 2 is 1.70 bits per heavy atom. The first kappa shape index (κ1) is 32.4. The van der Waals surface area contributed by atoms with Crippen molar-refractivity contribution in [3.63, 3.8) is 0 Å². The number of amides is 1. The quantitative estimate of drug-likeness (QED) is 0.155. The molecule has 0 spiro atoms. The molecule has 244 valence electrons. The lowest BCUT2D eigenvalue weighted by molar-refractivity contribution is -0.111. The molecule has 0 unspecified atom stereocenters. The summed E-state index contributed by atoms with van der Waals surface area (Å²) >= 11 is 13.6. The fraction of sp³-hybridized carbons (Fsp3) is 0.286. The number of halogens is 2. The summed E-state index contributed by atoms with van der Waals surface area (Å²) in [4.78, 5) is 26.8. The molecule has 0 saturated carbocycles. The number of piperazine rings is 1. The first-order chi connectivity index (χ1) is 22.6. The number of hydrogen-bond acceptors (Lipinski definition) is 8. The van der Waals surface area contributed by atoms with Crippen LogP contribution in [-0.4, -0.2) is 71.6 Å². The van der Waals surface area contributed by atoms with Gasteiger partial charge < -0.3 is 25.0 Å². The van der Waals surface area contributed by atoms with Gasteiger partial charge in [0, 0.05) is 78.9 Å². The Kier molecular flexibility index (Phi) is 9.18. The minimum absolute atomic E-state index is 0.295. The number of pyridine rings is 2. The predicted molar refractivity (Wildman–Crippen MR) is 191 cm³/mol. The zero-order valence-electron chi connectivity index (χ0n) is 27.0. The summed E-state index contributed by atoms with van der Waals surface area (Å²) in [6.45, 7) is 13.8. The first-order valence-corrected chi connectivity index (χ1v) is 16.1. The zero-order valence-corrected chi connectivity index (χ0v) is 28.5. The van der Waals surface area contributed by atoms with Crippen LogP contribution in [0.25, 0.3) is 27.7 Å². The molecule has 2 aromatic carbocycles. The SMILES string of the molecule is C=CC(=O)Nc1cc(N2CCN(C(C)C)CC2)ccc1Nc1cc2c(cn1)cc(-c1c(Cl)c(OC)cc(OC)c1Cl)c1nc(C)cn12. The third kappa shape index (κ3) is 6.28. The largest absolute Gasteiger partial charge is 0.495 e. The summed E-state index contributed by atoms with van der Waals surface area (Å²) in [7, 11) is 3.09. The number of aryl methyl sites for hydroxylation is 1. The van der Waals surface area contributed by atoms with Crippen molar-refractivity contribution in [3.05, 3.63) is 77.2 Å². The number of hydrogen-bond donors (Lipinski definition) is 2. The predicted octanol–water partition coefficient (Wildman–Crippen LogP) is 7.58. The number of carbonyl (C=O) groups excluding carboxylic acids is 1. The number of nitrogens with one attached hydrogen (secondary N) is 2. The van der Waals surface area contributed by atoms with E-state index in [1.165, 1.54) is 6.08 Å². The van der Waals surface area contributed by atoms with E-state index in [2.05, 4.69) is 46.9 Å². The van der Waals surface area contributed by atoms with E-state index in [9.17, 15) is 4.79 Å². The smallest absolute Gasteiger partial charge is 0.247 e. The molecule has 5 aromatic rings. The molecule has 1 aliphatic heterocycles. The summed E-state index contributed by atoms with van der Waals surface area (Å²) in [6, 6.07) is 12.1. The van der Waals surface area contributed by atoms with Crippen molar-refractivity contribution >= 4 is 68.5 Å². The number of aromatic nitrogens is 3. The Balaban J connectivity index is 1.40. The summed E-state index contributed by atoms with van der Waals surface area (Å²) < 4.78 is 13.0. The monoisotopic (exact) mass is 673 g/mol. The maximum atomic E-state index is 12.5. The van der Waals surface area contributed by atoms with Gasteiger partial charge in [-0.05, 0) is 51.1 Å². The molecule has 12 heteroatoms. The molecule has 10 nitrogen and oxygen atoms in total. The molecule has 4 heterocycles. The van der Waals surface area contributed by atoms with Crippen molar-refractivity contribution in [2.75, 3.05) is 55.9 Å². The van der Waals surface area contributed by atoms with E-state index in [1.807, 2.05) is 41.8 Å². The molecule has 0 aliphatic carbocycles. The van der Waals surface area contributed by atoms with Crippen LogP contribution in [0.3, 0.4) is 0 Å². The highest BCUT2D eigenvalue weighted by atomic mass is 35.5. The zero-order chi connectivity index (χ0) is 33.4. The van der Waals surface area contributed by atoms with E-state index in [-0.39, 0.29) is 5.91 Å². The van der Waals surface area contributed by atoms with Crippen LogP contribution in [0, 0.1) is 6.92 Å². The number of benzene rings is 2. The minimum Gasteiger partial charge on any atom is -0.495 e. The van der Waals surface area contributed by atoms with Crippen molar-refractivity contribution in [1.29, 1.82) is 0 Å². The average molecular weight is 675 g/mol. The third-order valence-corrected chi connectivity index (χ3v) is 9.25. The lowest BCUT2D eigenvalue weighted by Gasteiger charge is -2.38. The van der Waals surface area contributed by atoms with Gasteiger partial charge in [-0.1, -0.05) is 29.8 Å². The lowest BCUT2D eigenvalue weighted by atomic mass is 10.0. The maximum absolute atomic E-state index is 12.5. The summed E-state index contributed by atoms with van der Waals surface area (Å²) in [5.41, 5.74) is 5.97. The highest BCUT2D eigenvalue weighted by Crippen LogP contribution is 2.47. The van der Waals surface area contributed by atoms with Gasteiger partial charge in [0.25, 0.3) is 0 Å². The number of anilines is 4. The van der Waals surface area contributed by atoms with E-state index < -0.39 is 0 Å². The molecule has 47 heavy (non-hydrogen) atoms. The molecular formula is C35H37Cl2N7O3. The van der Waals surface area contributed by atoms with Crippen molar-refractivity contribution in [1.82, 2.24) is 19.3 Å². The molecule has 2 N–H and O–H groups in total. The summed E-state index contributed by atoms with van der Waals surface area (Å²) in [6.07, 6.45) is 4.99. The molecule has 1 fully saturated rings. The second kappa shape index (κ2) is 13.3. The Labute approximate surface area is 283 Å². The number of rotatable bonds is 9. The molecule has 3 aromatic heterocycles. The highest BCUT2D eigenvalue weighted by Gasteiger charge is 2.23. The average Bonchev–Trinajstić information content (AvgIpc) is 3.47. The van der Waals surface area contributed by atoms with Crippen LogP contribution in [0.15, 0.2) is 61.4 Å². The normalized spacial score (nSPS) is 13.7. The van der Waals surface area contributed by atoms with Crippen LogP contribution in [-0.2, 0) is 4.79 Å². The molecule has 1 aliphatic rings. The topological polar surface area (TPSA) is 96.3 Å². The second-order valence-corrected chi connectivity index (χ2v) is 12.5. The Morgan fingerprint density at radius 1 is 1.00 bits per heavy atom. The molecule has 1 saturated heterocycles. The van der Waals surface area contributed by atoms with E-state index in [1.54, 1.807) is 26.5 Å². The van der Waals surface area contributed by atoms with Gasteiger partial charge in [-0.15, -0.1) is 0 Å². The Morgan fingerprint density at radius 3 is 2.34 bits per heavy atom. The number of ether oxygens (including phenoxy) is 2. The second-order valence-electron chi connectivity index (χ2n) is 11.7. The first-order valence-electron chi connectivity index (χ1n) is 15.3. The van der Waals surface area contributed by atoms with Gasteiger partial charge in [0.05, 0.1) is 46.9 Å². The van der Waals surface area contributed by atoms with Crippen LogP contribution in [0.1, 0.15) is 19.5 Å². The van der Waals surface area contributed by atoms with Crippen LogP contribution < -0.4 is 25.0 Å². The fourth-order valence-corrected chi connectivity index (χ4v) is 6.70. The molecule has 0 radical (unpaired) electrons. The van der Waals surface area contributed by atoms with E-state index >= 15 is 0 Å². The molecule has 6 rings (SSSR count). The molecule has 0 atom stereocenters. The van der Waals surface area contributed by atoms with Crippen LogP contribution in [0.2, 0.25) is 10.0 Å². The summed E-state index contributed by atoms with van der Waals surface area (Å²) in [5, 5.41) is 7.92. The fourth-order valence-electron chi connectivity index (χ4n) is 6.00. The summed E-state index contributed by atoms with van der Waals surface area (Å²) in [5.74, 6) is 1.16. The van der Waals surface area contributed by atoms with E-state index in [0.717, 1.165) is 48.5 Å². The van der Waals surface area contributed by atoms with Crippen LogP contribution in [0.4, 0.5) is 22.9 Å². The van der Waals surface area contributed by atoms with Gasteiger partial charge in [-0.2, -0.15) is 0 Å². The third-order valence-electron chi connectivity index (χ3n) is 8.50. The van der Waals surface area contributed by atoms with Gasteiger partial charge in [0.1, 0.15) is 23.0 Å². The van der Waals surface area contributed by atoms with Crippen molar-refractivity contribution < 1.29 is 14.3 Å². The van der Waals surface area contributed by atoms with Gasteiger partial charge in [-0.3, -0.25) is 14.1 Å². The highest BCUT2D eigenvalue weighted by molar-refractivity contribution is 6.41. The van der Waals surface area contributed by atoms with Crippen LogP contribution >= 0.6 is 23.2 Å². The molecule has 0 bridgehead atoms. The van der Waals surface area contributed by atoms with Gasteiger partial charge >= 0.3 is 0 Å².